The highest BCUT2D eigenvalue weighted by Gasteiger charge is 2.07. The molecule has 0 aliphatic carbocycles. The van der Waals surface area contributed by atoms with Crippen LogP contribution in [0.15, 0.2) is 29.4 Å². The monoisotopic (exact) mass is 303 g/mol. The first kappa shape index (κ1) is 15.3. The van der Waals surface area contributed by atoms with E-state index in [9.17, 15) is 4.79 Å². The summed E-state index contributed by atoms with van der Waals surface area (Å²) in [6.45, 7) is 5.93. The highest BCUT2D eigenvalue weighted by Crippen LogP contribution is 2.16. The summed E-state index contributed by atoms with van der Waals surface area (Å²) in [7, 11) is 1.99. The summed E-state index contributed by atoms with van der Waals surface area (Å²) in [5.74, 6) is -0.279. The number of carbonyl (C=O) groups is 1. The van der Waals surface area contributed by atoms with Crippen LogP contribution >= 0.6 is 11.6 Å². The van der Waals surface area contributed by atoms with E-state index in [1.807, 2.05) is 40.0 Å². The van der Waals surface area contributed by atoms with Crippen molar-refractivity contribution in [2.24, 2.45) is 12.1 Å². The van der Waals surface area contributed by atoms with Crippen LogP contribution in [0.3, 0.4) is 0 Å². The number of benzene rings is 1. The maximum absolute atomic E-state index is 12.0. The van der Waals surface area contributed by atoms with Gasteiger partial charge in [-0.2, -0.15) is 5.10 Å². The molecule has 0 radical (unpaired) electrons. The van der Waals surface area contributed by atoms with E-state index in [1.165, 1.54) is 0 Å². The molecular formula is C16H18ClN3O. The van der Waals surface area contributed by atoms with Crippen LogP contribution in [0.2, 0.25) is 5.02 Å². The van der Waals surface area contributed by atoms with Gasteiger partial charge in [0.25, 0.3) is 5.91 Å². The average Bonchev–Trinajstić information content (AvgIpc) is 2.69. The van der Waals surface area contributed by atoms with Gasteiger partial charge in [0.05, 0.1) is 6.21 Å². The van der Waals surface area contributed by atoms with Gasteiger partial charge in [-0.3, -0.25) is 4.79 Å². The first-order chi connectivity index (χ1) is 9.90. The summed E-state index contributed by atoms with van der Waals surface area (Å²) >= 11 is 6.01. The predicted octanol–water partition coefficient (Wildman–Crippen LogP) is 3.37. The molecule has 21 heavy (non-hydrogen) atoms. The standard InChI is InChI=1S/C16H18ClN3O/c1-10-5-6-13(8-15(10)17)16(21)19-18-9-14-7-11(2)20(4)12(14)3/h5-9H,1-4H3,(H,19,21)/b18-9-. The normalized spacial score (nSPS) is 11.1. The number of amides is 1. The maximum Gasteiger partial charge on any atom is 0.271 e. The van der Waals surface area contributed by atoms with Gasteiger partial charge in [-0.1, -0.05) is 17.7 Å². The van der Waals surface area contributed by atoms with Crippen LogP contribution in [0.25, 0.3) is 0 Å². The third-order valence-corrected chi connectivity index (χ3v) is 4.03. The molecule has 1 amide bonds. The second-order valence-electron chi connectivity index (χ2n) is 5.05. The van der Waals surface area contributed by atoms with Crippen molar-refractivity contribution < 1.29 is 4.79 Å². The fourth-order valence-electron chi connectivity index (χ4n) is 1.97. The second kappa shape index (κ2) is 6.14. The lowest BCUT2D eigenvalue weighted by Crippen LogP contribution is -2.17. The number of nitrogens with one attached hydrogen (secondary N) is 1. The molecule has 2 aromatic rings. The molecule has 1 N–H and O–H groups in total. The lowest BCUT2D eigenvalue weighted by atomic mass is 10.1. The van der Waals surface area contributed by atoms with Crippen molar-refractivity contribution in [3.63, 3.8) is 0 Å². The molecule has 4 nitrogen and oxygen atoms in total. The zero-order chi connectivity index (χ0) is 15.6. The first-order valence-electron chi connectivity index (χ1n) is 6.62. The van der Waals surface area contributed by atoms with Crippen LogP contribution in [-0.4, -0.2) is 16.7 Å². The molecule has 0 aliphatic heterocycles. The molecule has 110 valence electrons. The van der Waals surface area contributed by atoms with Gasteiger partial charge < -0.3 is 4.57 Å². The minimum Gasteiger partial charge on any atom is -0.352 e. The molecular weight excluding hydrogens is 286 g/mol. The molecule has 0 aliphatic rings. The summed E-state index contributed by atoms with van der Waals surface area (Å²) in [6.07, 6.45) is 1.65. The third-order valence-electron chi connectivity index (χ3n) is 3.62. The second-order valence-corrected chi connectivity index (χ2v) is 5.46. The summed E-state index contributed by atoms with van der Waals surface area (Å²) in [5, 5.41) is 4.57. The lowest BCUT2D eigenvalue weighted by Gasteiger charge is -2.02. The molecule has 1 heterocycles. The van der Waals surface area contributed by atoms with Crippen molar-refractivity contribution in [3.05, 3.63) is 57.4 Å². The Morgan fingerprint density at radius 3 is 2.57 bits per heavy atom. The van der Waals surface area contributed by atoms with Crippen LogP contribution in [0.4, 0.5) is 0 Å². The average molecular weight is 304 g/mol. The molecule has 1 aromatic carbocycles. The van der Waals surface area contributed by atoms with Crippen LogP contribution < -0.4 is 5.43 Å². The van der Waals surface area contributed by atoms with Crippen LogP contribution in [-0.2, 0) is 7.05 Å². The van der Waals surface area contributed by atoms with E-state index in [4.69, 9.17) is 11.6 Å². The Labute approximate surface area is 129 Å². The van der Waals surface area contributed by atoms with E-state index < -0.39 is 0 Å². The number of aryl methyl sites for hydroxylation is 2. The smallest absolute Gasteiger partial charge is 0.271 e. The van der Waals surface area contributed by atoms with Crippen molar-refractivity contribution in [1.29, 1.82) is 0 Å². The highest BCUT2D eigenvalue weighted by atomic mass is 35.5. The van der Waals surface area contributed by atoms with Crippen molar-refractivity contribution >= 4 is 23.7 Å². The molecule has 5 heteroatoms. The number of rotatable bonds is 3. The summed E-state index contributed by atoms with van der Waals surface area (Å²) in [4.78, 5) is 12.0. The number of nitrogens with zero attached hydrogens (tertiary/aromatic N) is 2. The van der Waals surface area contributed by atoms with Crippen LogP contribution in [0, 0.1) is 20.8 Å². The minimum absolute atomic E-state index is 0.279. The summed E-state index contributed by atoms with van der Waals surface area (Å²) < 4.78 is 2.07. The quantitative estimate of drug-likeness (QED) is 0.686. The van der Waals surface area contributed by atoms with E-state index in [0.29, 0.717) is 10.6 Å². The molecule has 0 saturated carbocycles. The Kier molecular flexibility index (Phi) is 4.48. The largest absolute Gasteiger partial charge is 0.352 e. The van der Waals surface area contributed by atoms with Gasteiger partial charge in [-0.25, -0.2) is 5.43 Å². The van der Waals surface area contributed by atoms with E-state index in [-0.39, 0.29) is 5.91 Å². The SMILES string of the molecule is Cc1ccc(C(=O)N/N=C\c2cc(C)n(C)c2C)cc1Cl. The molecule has 1 aromatic heterocycles. The van der Waals surface area contributed by atoms with Gasteiger partial charge in [0, 0.05) is 34.6 Å². The Morgan fingerprint density at radius 2 is 2.00 bits per heavy atom. The van der Waals surface area contributed by atoms with Crippen molar-refractivity contribution in [2.75, 3.05) is 0 Å². The minimum atomic E-state index is -0.279. The Morgan fingerprint density at radius 1 is 1.29 bits per heavy atom. The van der Waals surface area contributed by atoms with Crippen molar-refractivity contribution in [1.82, 2.24) is 9.99 Å². The topological polar surface area (TPSA) is 46.4 Å². The van der Waals surface area contributed by atoms with Crippen LogP contribution in [0.1, 0.15) is 32.9 Å². The molecule has 2 rings (SSSR count). The molecule has 0 unspecified atom stereocenters. The lowest BCUT2D eigenvalue weighted by molar-refractivity contribution is 0.0955. The zero-order valence-corrected chi connectivity index (χ0v) is 13.3. The summed E-state index contributed by atoms with van der Waals surface area (Å²) in [6, 6.07) is 7.20. The Bertz CT molecular complexity index is 717. The van der Waals surface area contributed by atoms with E-state index in [1.54, 1.807) is 18.3 Å². The molecule has 0 atom stereocenters. The number of hydrazone groups is 1. The number of carbonyl (C=O) groups excluding carboxylic acids is 1. The van der Waals surface area contributed by atoms with Gasteiger partial charge in [0.2, 0.25) is 0 Å². The summed E-state index contributed by atoms with van der Waals surface area (Å²) in [5.41, 5.74) is 7.17. The molecule has 0 saturated heterocycles. The fraction of sp³-hybridized carbons (Fsp3) is 0.250. The molecule has 0 spiro atoms. The Hall–Kier alpha value is -2.07. The Balaban J connectivity index is 2.08. The van der Waals surface area contributed by atoms with Crippen molar-refractivity contribution in [2.45, 2.75) is 20.8 Å². The van der Waals surface area contributed by atoms with Gasteiger partial charge in [0.1, 0.15) is 0 Å². The van der Waals surface area contributed by atoms with Gasteiger partial charge in [-0.05, 0) is 44.5 Å². The van der Waals surface area contributed by atoms with Crippen LogP contribution in [0.5, 0.6) is 0 Å². The van der Waals surface area contributed by atoms with E-state index >= 15 is 0 Å². The zero-order valence-electron chi connectivity index (χ0n) is 12.6. The maximum atomic E-state index is 12.0. The van der Waals surface area contributed by atoms with Gasteiger partial charge in [-0.15, -0.1) is 0 Å². The van der Waals surface area contributed by atoms with Gasteiger partial charge >= 0.3 is 0 Å². The van der Waals surface area contributed by atoms with Crippen molar-refractivity contribution in [3.8, 4) is 0 Å². The fourth-order valence-corrected chi connectivity index (χ4v) is 2.15. The molecule has 0 fully saturated rings. The predicted molar refractivity (Wildman–Crippen MR) is 86.1 cm³/mol. The highest BCUT2D eigenvalue weighted by molar-refractivity contribution is 6.31. The first-order valence-corrected chi connectivity index (χ1v) is 7.00. The van der Waals surface area contributed by atoms with Gasteiger partial charge in [0.15, 0.2) is 0 Å². The number of hydrogen-bond donors (Lipinski definition) is 1. The number of hydrogen-bond acceptors (Lipinski definition) is 2. The molecule has 0 bridgehead atoms. The van der Waals surface area contributed by atoms with E-state index in [0.717, 1.165) is 22.5 Å². The van der Waals surface area contributed by atoms with E-state index in [2.05, 4.69) is 15.1 Å². The third kappa shape index (κ3) is 3.34. The number of aromatic nitrogens is 1. The number of halogens is 1.